The highest BCUT2D eigenvalue weighted by atomic mass is 15.1. The van der Waals surface area contributed by atoms with E-state index in [4.69, 9.17) is 0 Å². The lowest BCUT2D eigenvalue weighted by Crippen LogP contribution is -2.36. The second-order valence-electron chi connectivity index (χ2n) is 8.87. The molecular formula is C27H36N2. The van der Waals surface area contributed by atoms with Gasteiger partial charge in [-0.1, -0.05) is 73.5 Å². The van der Waals surface area contributed by atoms with Gasteiger partial charge in [-0.3, -0.25) is 4.90 Å². The van der Waals surface area contributed by atoms with Crippen molar-refractivity contribution >= 4 is 10.8 Å². The Kier molecular flexibility index (Phi) is 8.23. The van der Waals surface area contributed by atoms with E-state index in [-0.39, 0.29) is 5.92 Å². The maximum absolute atomic E-state index is 10.3. The molecule has 2 nitrogen and oxygen atoms in total. The van der Waals surface area contributed by atoms with Gasteiger partial charge in [-0.05, 0) is 62.4 Å². The van der Waals surface area contributed by atoms with Gasteiger partial charge in [-0.2, -0.15) is 5.26 Å². The molecule has 2 aromatic carbocycles. The molecule has 154 valence electrons. The van der Waals surface area contributed by atoms with E-state index >= 15 is 0 Å². The van der Waals surface area contributed by atoms with Gasteiger partial charge in [0.05, 0.1) is 11.5 Å². The lowest BCUT2D eigenvalue weighted by molar-refractivity contribution is 0.270. The summed E-state index contributed by atoms with van der Waals surface area (Å²) in [6, 6.07) is 17.6. The predicted molar refractivity (Wildman–Crippen MR) is 126 cm³/mol. The monoisotopic (exact) mass is 388 g/mol. The molecular weight excluding hydrogens is 352 g/mol. The molecule has 1 atom stereocenters. The fourth-order valence-corrected chi connectivity index (χ4v) is 3.70. The van der Waals surface area contributed by atoms with Gasteiger partial charge in [0.2, 0.25) is 0 Å². The normalized spacial score (nSPS) is 13.2. The van der Waals surface area contributed by atoms with Crippen LogP contribution in [0, 0.1) is 17.2 Å². The molecule has 0 saturated carbocycles. The van der Waals surface area contributed by atoms with Crippen molar-refractivity contribution in [2.75, 3.05) is 19.6 Å². The van der Waals surface area contributed by atoms with Crippen molar-refractivity contribution in [1.82, 2.24) is 4.90 Å². The maximum atomic E-state index is 10.3. The van der Waals surface area contributed by atoms with E-state index < -0.39 is 5.41 Å². The molecule has 2 rings (SSSR count). The minimum absolute atomic E-state index is 0.238. The van der Waals surface area contributed by atoms with Gasteiger partial charge in [-0.25, -0.2) is 0 Å². The molecule has 0 aromatic heterocycles. The van der Waals surface area contributed by atoms with E-state index in [0.717, 1.165) is 31.6 Å². The number of hydrogen-bond acceptors (Lipinski definition) is 2. The maximum Gasteiger partial charge on any atom is 0.0857 e. The number of rotatable bonds is 9. The first kappa shape index (κ1) is 22.9. The van der Waals surface area contributed by atoms with Gasteiger partial charge in [0.1, 0.15) is 0 Å². The van der Waals surface area contributed by atoms with Gasteiger partial charge in [-0.15, -0.1) is 0 Å². The summed E-state index contributed by atoms with van der Waals surface area (Å²) in [5.74, 6) is 0.238. The van der Waals surface area contributed by atoms with Crippen LogP contribution in [0.2, 0.25) is 0 Å². The van der Waals surface area contributed by atoms with Gasteiger partial charge >= 0.3 is 0 Å². The van der Waals surface area contributed by atoms with Crippen LogP contribution in [0.15, 0.2) is 65.8 Å². The Morgan fingerprint density at radius 3 is 2.07 bits per heavy atom. The lowest BCUT2D eigenvalue weighted by Gasteiger charge is -2.34. The molecule has 2 heteroatoms. The predicted octanol–water partition coefficient (Wildman–Crippen LogP) is 6.88. The van der Waals surface area contributed by atoms with Crippen molar-refractivity contribution in [1.29, 1.82) is 5.26 Å². The zero-order chi connectivity index (χ0) is 21.4. The summed E-state index contributed by atoms with van der Waals surface area (Å²) in [6.07, 6.45) is 5.38. The number of benzene rings is 2. The molecule has 29 heavy (non-hydrogen) atoms. The first-order valence-electron chi connectivity index (χ1n) is 10.7. The van der Waals surface area contributed by atoms with Crippen LogP contribution < -0.4 is 0 Å². The lowest BCUT2D eigenvalue weighted by atomic mass is 9.70. The number of nitriles is 1. The largest absolute Gasteiger partial charge is 0.296 e. The number of nitrogens with zero attached hydrogens (tertiary/aromatic N) is 2. The van der Waals surface area contributed by atoms with E-state index in [1.54, 1.807) is 0 Å². The third-order valence-electron chi connectivity index (χ3n) is 5.79. The minimum Gasteiger partial charge on any atom is -0.296 e. The molecule has 2 aromatic rings. The molecule has 0 heterocycles. The average Bonchev–Trinajstić information content (AvgIpc) is 2.69. The van der Waals surface area contributed by atoms with Crippen LogP contribution in [-0.4, -0.2) is 24.5 Å². The summed E-state index contributed by atoms with van der Waals surface area (Å²) < 4.78 is 0. The molecule has 0 N–H and O–H groups in total. The van der Waals surface area contributed by atoms with Crippen molar-refractivity contribution in [3.8, 4) is 6.07 Å². The first-order chi connectivity index (χ1) is 13.8. The molecule has 0 fully saturated rings. The summed E-state index contributed by atoms with van der Waals surface area (Å²) in [5, 5.41) is 12.8. The van der Waals surface area contributed by atoms with Crippen molar-refractivity contribution in [3.05, 3.63) is 71.3 Å². The molecule has 0 aliphatic heterocycles. The fourth-order valence-electron chi connectivity index (χ4n) is 3.70. The van der Waals surface area contributed by atoms with Crippen LogP contribution in [0.4, 0.5) is 0 Å². The summed E-state index contributed by atoms with van der Waals surface area (Å²) in [4.78, 5) is 2.44. The second kappa shape index (κ2) is 10.4. The van der Waals surface area contributed by atoms with Crippen molar-refractivity contribution in [2.45, 2.75) is 53.4 Å². The van der Waals surface area contributed by atoms with Gasteiger partial charge in [0, 0.05) is 19.6 Å². The van der Waals surface area contributed by atoms with Crippen LogP contribution in [0.3, 0.4) is 0 Å². The summed E-state index contributed by atoms with van der Waals surface area (Å²) in [5.41, 5.74) is 3.31. The molecule has 0 spiro atoms. The number of hydrogen-bond donors (Lipinski definition) is 0. The molecule has 0 saturated heterocycles. The molecule has 0 bridgehead atoms. The number of allylic oxidation sites excluding steroid dienone is 2. The first-order valence-corrected chi connectivity index (χ1v) is 10.7. The zero-order valence-corrected chi connectivity index (χ0v) is 19.0. The topological polar surface area (TPSA) is 27.0 Å². The van der Waals surface area contributed by atoms with Gasteiger partial charge < -0.3 is 0 Å². The quantitative estimate of drug-likeness (QED) is 0.438. The summed E-state index contributed by atoms with van der Waals surface area (Å²) >= 11 is 0. The van der Waals surface area contributed by atoms with E-state index in [1.807, 2.05) is 0 Å². The summed E-state index contributed by atoms with van der Waals surface area (Å²) in [7, 11) is 0. The molecule has 0 radical (unpaired) electrons. The van der Waals surface area contributed by atoms with Gasteiger partial charge in [0.15, 0.2) is 0 Å². The van der Waals surface area contributed by atoms with Crippen LogP contribution in [0.5, 0.6) is 0 Å². The standard InChI is InChI=1S/C27H36N2/c1-21(2)13-16-29(17-14-22(3)4)18-15-27(20-28,23(5)6)26-12-11-24-9-7-8-10-25(24)19-26/h7-14,19,23H,15-18H2,1-6H3. The van der Waals surface area contributed by atoms with Crippen LogP contribution >= 0.6 is 0 Å². The number of fused-ring (bicyclic) bond motifs is 1. The average molecular weight is 389 g/mol. The van der Waals surface area contributed by atoms with Gasteiger partial charge in [0.25, 0.3) is 0 Å². The molecule has 0 aliphatic rings. The molecule has 0 amide bonds. The minimum atomic E-state index is -0.488. The van der Waals surface area contributed by atoms with Crippen LogP contribution in [0.1, 0.15) is 53.5 Å². The van der Waals surface area contributed by atoms with E-state index in [2.05, 4.69) is 107 Å². The fraction of sp³-hybridized carbons (Fsp3) is 0.444. The van der Waals surface area contributed by atoms with Crippen LogP contribution in [0.25, 0.3) is 10.8 Å². The van der Waals surface area contributed by atoms with Crippen molar-refractivity contribution < 1.29 is 0 Å². The van der Waals surface area contributed by atoms with E-state index in [1.165, 1.54) is 21.9 Å². The Morgan fingerprint density at radius 2 is 1.55 bits per heavy atom. The zero-order valence-electron chi connectivity index (χ0n) is 19.0. The van der Waals surface area contributed by atoms with Crippen LogP contribution in [-0.2, 0) is 5.41 Å². The molecule has 1 unspecified atom stereocenters. The Hall–Kier alpha value is -2.37. The third kappa shape index (κ3) is 6.05. The van der Waals surface area contributed by atoms with E-state index in [0.29, 0.717) is 0 Å². The van der Waals surface area contributed by atoms with Crippen molar-refractivity contribution in [3.63, 3.8) is 0 Å². The Labute approximate surface area is 177 Å². The third-order valence-corrected chi connectivity index (χ3v) is 5.79. The van der Waals surface area contributed by atoms with E-state index in [9.17, 15) is 5.26 Å². The molecule has 0 aliphatic carbocycles. The van der Waals surface area contributed by atoms with Crippen molar-refractivity contribution in [2.24, 2.45) is 5.92 Å². The second-order valence-corrected chi connectivity index (χ2v) is 8.87. The smallest absolute Gasteiger partial charge is 0.0857 e. The SMILES string of the molecule is CC(C)=CCN(CC=C(C)C)CCC(C#N)(c1ccc2ccccc2c1)C(C)C. The Bertz CT molecular complexity index is 886. The Morgan fingerprint density at radius 1 is 0.966 bits per heavy atom. The Balaban J connectivity index is 2.33. The highest BCUT2D eigenvalue weighted by molar-refractivity contribution is 5.83. The summed E-state index contributed by atoms with van der Waals surface area (Å²) in [6.45, 7) is 15.6. The highest BCUT2D eigenvalue weighted by Crippen LogP contribution is 2.37. The highest BCUT2D eigenvalue weighted by Gasteiger charge is 2.36.